The van der Waals surface area contributed by atoms with Crippen molar-refractivity contribution in [2.75, 3.05) is 7.11 Å². The van der Waals surface area contributed by atoms with Crippen molar-refractivity contribution in [1.82, 2.24) is 4.90 Å². The number of piperidine rings is 1. The van der Waals surface area contributed by atoms with Crippen LogP contribution < -0.4 is 0 Å². The highest BCUT2D eigenvalue weighted by Crippen LogP contribution is 2.22. The van der Waals surface area contributed by atoms with E-state index in [1.165, 1.54) is 12.0 Å². The first kappa shape index (κ1) is 15.4. The number of rotatable bonds is 6. The minimum atomic E-state index is -0.663. The third-order valence-electron chi connectivity index (χ3n) is 3.34. The van der Waals surface area contributed by atoms with Gasteiger partial charge in [0.05, 0.1) is 13.2 Å². The molecule has 5 nitrogen and oxygen atoms in total. The fourth-order valence-corrected chi connectivity index (χ4v) is 2.38. The smallest absolute Gasteiger partial charge is 0.328 e. The molecule has 1 amide bonds. The van der Waals surface area contributed by atoms with Gasteiger partial charge in [0.15, 0.2) is 0 Å². The summed E-state index contributed by atoms with van der Waals surface area (Å²) in [5.41, 5.74) is 0. The van der Waals surface area contributed by atoms with Crippen LogP contribution in [0.1, 0.15) is 39.0 Å². The molecule has 0 saturated carbocycles. The van der Waals surface area contributed by atoms with Crippen molar-refractivity contribution in [2.24, 2.45) is 0 Å². The first-order chi connectivity index (χ1) is 9.15. The molecule has 0 radical (unpaired) electrons. The van der Waals surface area contributed by atoms with Crippen molar-refractivity contribution in [3.05, 3.63) is 12.2 Å². The van der Waals surface area contributed by atoms with E-state index in [2.05, 4.69) is 0 Å². The van der Waals surface area contributed by atoms with Crippen molar-refractivity contribution in [1.29, 1.82) is 0 Å². The highest BCUT2D eigenvalue weighted by Gasteiger charge is 2.37. The van der Waals surface area contributed by atoms with Crippen LogP contribution in [0.15, 0.2) is 12.2 Å². The Hall–Kier alpha value is -1.65. The molecule has 106 valence electrons. The predicted molar refractivity (Wildman–Crippen MR) is 70.4 cm³/mol. The fraction of sp³-hybridized carbons (Fsp3) is 0.643. The third kappa shape index (κ3) is 3.91. The Balaban J connectivity index is 2.88. The van der Waals surface area contributed by atoms with Gasteiger partial charge in [-0.05, 0) is 32.6 Å². The van der Waals surface area contributed by atoms with Crippen molar-refractivity contribution in [2.45, 2.75) is 51.1 Å². The molecule has 0 aliphatic carbocycles. The maximum atomic E-state index is 12.0. The number of aldehydes is 1. The average molecular weight is 267 g/mol. The van der Waals surface area contributed by atoms with E-state index in [1.54, 1.807) is 0 Å². The van der Waals surface area contributed by atoms with Crippen LogP contribution in [0.2, 0.25) is 0 Å². The molecule has 1 aliphatic rings. The van der Waals surface area contributed by atoms with Gasteiger partial charge in [0, 0.05) is 6.42 Å². The van der Waals surface area contributed by atoms with Gasteiger partial charge >= 0.3 is 5.97 Å². The fourth-order valence-electron chi connectivity index (χ4n) is 2.38. The number of likely N-dealkylation sites (tertiary alicyclic amines) is 1. The minimum Gasteiger partial charge on any atom is -0.467 e. The molecule has 1 saturated heterocycles. The van der Waals surface area contributed by atoms with E-state index in [0.29, 0.717) is 32.1 Å². The normalized spacial score (nSPS) is 21.5. The number of carbonyl (C=O) groups is 3. The second kappa shape index (κ2) is 7.71. The van der Waals surface area contributed by atoms with E-state index in [4.69, 9.17) is 4.74 Å². The number of allylic oxidation sites excluding steroid dienone is 2. The van der Waals surface area contributed by atoms with Crippen LogP contribution in [-0.4, -0.2) is 42.3 Å². The van der Waals surface area contributed by atoms with Gasteiger partial charge in [-0.25, -0.2) is 4.79 Å². The molecule has 1 fully saturated rings. The number of methoxy groups -OCH3 is 1. The van der Waals surface area contributed by atoms with Gasteiger partial charge in [0.2, 0.25) is 5.91 Å². The monoisotopic (exact) mass is 267 g/mol. The van der Waals surface area contributed by atoms with Crippen molar-refractivity contribution < 1.29 is 19.1 Å². The molecule has 5 heteroatoms. The van der Waals surface area contributed by atoms with Crippen LogP contribution >= 0.6 is 0 Å². The summed E-state index contributed by atoms with van der Waals surface area (Å²) in [7, 11) is 1.30. The summed E-state index contributed by atoms with van der Waals surface area (Å²) in [6.07, 6.45) is 7.43. The zero-order valence-electron chi connectivity index (χ0n) is 11.5. The quantitative estimate of drug-likeness (QED) is 0.415. The number of hydrogen-bond acceptors (Lipinski definition) is 4. The summed E-state index contributed by atoms with van der Waals surface area (Å²) in [6, 6.07) is -1.17. The lowest BCUT2D eigenvalue weighted by atomic mass is 9.98. The maximum Gasteiger partial charge on any atom is 0.328 e. The zero-order chi connectivity index (χ0) is 14.3. The molecule has 0 aromatic carbocycles. The van der Waals surface area contributed by atoms with Crippen molar-refractivity contribution >= 4 is 18.2 Å². The van der Waals surface area contributed by atoms with Crippen LogP contribution in [-0.2, 0) is 19.1 Å². The Kier molecular flexibility index (Phi) is 6.25. The largest absolute Gasteiger partial charge is 0.467 e. The summed E-state index contributed by atoms with van der Waals surface area (Å²) in [4.78, 5) is 36.4. The molecule has 1 aliphatic heterocycles. The average Bonchev–Trinajstić information content (AvgIpc) is 2.43. The first-order valence-corrected chi connectivity index (χ1v) is 6.61. The minimum absolute atomic E-state index is 0.140. The molecule has 2 atom stereocenters. The van der Waals surface area contributed by atoms with E-state index >= 15 is 0 Å². The summed E-state index contributed by atoms with van der Waals surface area (Å²) >= 11 is 0. The van der Waals surface area contributed by atoms with Gasteiger partial charge in [-0.2, -0.15) is 0 Å². The van der Waals surface area contributed by atoms with Gasteiger partial charge in [-0.1, -0.05) is 12.2 Å². The molecule has 1 unspecified atom stereocenters. The number of carbonyl (C=O) groups excluding carboxylic acids is 3. The number of ether oxygens (including phenoxy) is 1. The molecule has 0 aromatic rings. The zero-order valence-corrected chi connectivity index (χ0v) is 11.5. The van der Waals surface area contributed by atoms with Gasteiger partial charge in [-0.15, -0.1) is 0 Å². The summed E-state index contributed by atoms with van der Waals surface area (Å²) in [5.74, 6) is -0.592. The van der Waals surface area contributed by atoms with Crippen LogP contribution in [0.4, 0.5) is 0 Å². The second-order valence-electron chi connectivity index (χ2n) is 4.58. The number of amides is 1. The van der Waals surface area contributed by atoms with Crippen LogP contribution in [0, 0.1) is 0 Å². The standard InChI is InChI=1S/C14H21NO4/c1-3-4-5-8-12(14(18)19-2)15-11(10-16)7-6-9-13(15)17/h3-4,10-12H,5-9H2,1-2H3/b4-3+/t11-,12?/m1/s1. The number of nitrogens with zero attached hydrogens (tertiary/aromatic N) is 1. The van der Waals surface area contributed by atoms with Crippen molar-refractivity contribution in [3.8, 4) is 0 Å². The predicted octanol–water partition coefficient (Wildman–Crippen LogP) is 1.46. The Morgan fingerprint density at radius 3 is 2.89 bits per heavy atom. The van der Waals surface area contributed by atoms with E-state index in [1.807, 2.05) is 19.1 Å². The van der Waals surface area contributed by atoms with Gasteiger partial charge in [-0.3, -0.25) is 4.79 Å². The third-order valence-corrected chi connectivity index (χ3v) is 3.34. The molecule has 0 N–H and O–H groups in total. The number of hydrogen-bond donors (Lipinski definition) is 0. The Morgan fingerprint density at radius 1 is 1.58 bits per heavy atom. The van der Waals surface area contributed by atoms with E-state index in [9.17, 15) is 14.4 Å². The molecule has 19 heavy (non-hydrogen) atoms. The topological polar surface area (TPSA) is 63.7 Å². The van der Waals surface area contributed by atoms with Gasteiger partial charge in [0.25, 0.3) is 0 Å². The second-order valence-corrected chi connectivity index (χ2v) is 4.58. The van der Waals surface area contributed by atoms with Gasteiger partial charge in [0.1, 0.15) is 12.3 Å². The molecule has 0 aromatic heterocycles. The molecule has 1 rings (SSSR count). The van der Waals surface area contributed by atoms with Gasteiger partial charge < -0.3 is 14.4 Å². The lowest BCUT2D eigenvalue weighted by Gasteiger charge is -2.37. The molecule has 1 heterocycles. The lowest BCUT2D eigenvalue weighted by Crippen LogP contribution is -2.53. The van der Waals surface area contributed by atoms with Crippen LogP contribution in [0.3, 0.4) is 0 Å². The van der Waals surface area contributed by atoms with E-state index < -0.39 is 18.1 Å². The lowest BCUT2D eigenvalue weighted by molar-refractivity contribution is -0.157. The Labute approximate surface area is 113 Å². The summed E-state index contributed by atoms with van der Waals surface area (Å²) in [5, 5.41) is 0. The molecule has 0 spiro atoms. The summed E-state index contributed by atoms with van der Waals surface area (Å²) < 4.78 is 4.76. The SMILES string of the molecule is C/C=C/CCC(C(=O)OC)N1C(=O)CCC[C@@H]1C=O. The maximum absolute atomic E-state index is 12.0. The number of esters is 1. The van der Waals surface area contributed by atoms with E-state index in [-0.39, 0.29) is 5.91 Å². The first-order valence-electron chi connectivity index (χ1n) is 6.61. The Morgan fingerprint density at radius 2 is 2.32 bits per heavy atom. The Bertz CT molecular complexity index is 364. The molecule has 0 bridgehead atoms. The highest BCUT2D eigenvalue weighted by atomic mass is 16.5. The van der Waals surface area contributed by atoms with Crippen molar-refractivity contribution in [3.63, 3.8) is 0 Å². The van der Waals surface area contributed by atoms with E-state index in [0.717, 1.165) is 6.29 Å². The molecular weight excluding hydrogens is 246 g/mol. The van der Waals surface area contributed by atoms with Crippen LogP contribution in [0.5, 0.6) is 0 Å². The highest BCUT2D eigenvalue weighted by molar-refractivity contribution is 5.87. The summed E-state index contributed by atoms with van der Waals surface area (Å²) in [6.45, 7) is 1.90. The van der Waals surface area contributed by atoms with Crippen LogP contribution in [0.25, 0.3) is 0 Å². The molecular formula is C14H21NO4.